The summed E-state index contributed by atoms with van der Waals surface area (Å²) in [5, 5.41) is 11.1. The van der Waals surface area contributed by atoms with Gasteiger partial charge < -0.3 is 15.2 Å². The first-order valence-corrected chi connectivity index (χ1v) is 13.5. The molecule has 0 aliphatic rings. The van der Waals surface area contributed by atoms with E-state index in [4.69, 9.17) is 20.6 Å². The molecule has 1 atom stereocenters. The number of amides is 1. The van der Waals surface area contributed by atoms with Gasteiger partial charge in [0.15, 0.2) is 6.10 Å². The number of nitrogens with two attached hydrogens (primary N) is 1. The van der Waals surface area contributed by atoms with Crippen LogP contribution in [0, 0.1) is 5.41 Å². The Morgan fingerprint density at radius 3 is 2.42 bits per heavy atom. The van der Waals surface area contributed by atoms with E-state index in [9.17, 15) is 13.2 Å². The summed E-state index contributed by atoms with van der Waals surface area (Å²) in [5.41, 5.74) is 6.93. The third-order valence-electron chi connectivity index (χ3n) is 5.05. The van der Waals surface area contributed by atoms with E-state index in [1.165, 1.54) is 17.4 Å². The number of anilines is 2. The molecule has 0 saturated heterocycles. The van der Waals surface area contributed by atoms with Gasteiger partial charge in [-0.15, -0.1) is 11.3 Å². The van der Waals surface area contributed by atoms with E-state index in [0.29, 0.717) is 10.6 Å². The molecule has 9 nitrogen and oxygen atoms in total. The lowest BCUT2D eigenvalue weighted by Gasteiger charge is -2.20. The molecule has 11 heteroatoms. The van der Waals surface area contributed by atoms with Gasteiger partial charge in [-0.1, -0.05) is 48.5 Å². The standard InChI is InChI=1S/C25H24N4O5S2/c1-36(31,32)29-19-11-6-5-10-18(19)28-25(30)33-15-21(16-8-3-2-4-9-16)34-20-12-7-13-22-17(20)14-23(35-22)24(26)27/h2-14,21,29H,15H2,1H3,(H3,26,27)(H,28,30). The molecule has 5 N–H and O–H groups in total. The van der Waals surface area contributed by atoms with Crippen LogP contribution in [0.3, 0.4) is 0 Å². The lowest BCUT2D eigenvalue weighted by atomic mass is 10.1. The monoisotopic (exact) mass is 524 g/mol. The van der Waals surface area contributed by atoms with Gasteiger partial charge in [0.25, 0.3) is 0 Å². The molecule has 0 aliphatic heterocycles. The molecule has 0 bridgehead atoms. The average Bonchev–Trinajstić information content (AvgIpc) is 3.28. The lowest BCUT2D eigenvalue weighted by molar-refractivity contribution is 0.0910. The second-order valence-corrected chi connectivity index (χ2v) is 10.7. The molecule has 0 saturated carbocycles. The number of carbonyl (C=O) groups excluding carboxylic acids is 1. The zero-order chi connectivity index (χ0) is 25.7. The van der Waals surface area contributed by atoms with E-state index in [1.807, 2.05) is 48.5 Å². The Morgan fingerprint density at radius 1 is 1.03 bits per heavy atom. The predicted molar refractivity (Wildman–Crippen MR) is 143 cm³/mol. The molecule has 4 aromatic rings. The lowest BCUT2D eigenvalue weighted by Crippen LogP contribution is -2.22. The van der Waals surface area contributed by atoms with Gasteiger partial charge in [-0.3, -0.25) is 15.4 Å². The summed E-state index contributed by atoms with van der Waals surface area (Å²) in [7, 11) is -3.54. The first-order valence-electron chi connectivity index (χ1n) is 10.8. The number of nitrogens with one attached hydrogen (secondary N) is 3. The third-order valence-corrected chi connectivity index (χ3v) is 6.78. The van der Waals surface area contributed by atoms with Crippen LogP contribution in [0.25, 0.3) is 10.1 Å². The Hall–Kier alpha value is -4.09. The van der Waals surface area contributed by atoms with Crippen molar-refractivity contribution >= 4 is 54.7 Å². The number of hydrogen-bond acceptors (Lipinski definition) is 7. The fraction of sp³-hybridized carbons (Fsp3) is 0.120. The molecule has 1 amide bonds. The van der Waals surface area contributed by atoms with Crippen molar-refractivity contribution in [1.82, 2.24) is 0 Å². The maximum absolute atomic E-state index is 12.6. The van der Waals surface area contributed by atoms with Crippen LogP contribution in [0.2, 0.25) is 0 Å². The maximum atomic E-state index is 12.6. The van der Waals surface area contributed by atoms with Crippen molar-refractivity contribution in [3.8, 4) is 5.75 Å². The highest BCUT2D eigenvalue weighted by Crippen LogP contribution is 2.35. The van der Waals surface area contributed by atoms with Gasteiger partial charge >= 0.3 is 6.09 Å². The largest absolute Gasteiger partial charge is 0.481 e. The molecule has 3 aromatic carbocycles. The Labute approximate surface area is 212 Å². The molecular weight excluding hydrogens is 500 g/mol. The molecule has 0 fully saturated rings. The summed E-state index contributed by atoms with van der Waals surface area (Å²) in [5.74, 6) is 0.546. The van der Waals surface area contributed by atoms with E-state index in [1.54, 1.807) is 24.3 Å². The van der Waals surface area contributed by atoms with Gasteiger partial charge in [0, 0.05) is 10.1 Å². The van der Waals surface area contributed by atoms with Crippen molar-refractivity contribution in [3.05, 3.63) is 89.3 Å². The summed E-state index contributed by atoms with van der Waals surface area (Å²) in [6, 6.07) is 23.1. The summed E-state index contributed by atoms with van der Waals surface area (Å²) in [6.45, 7) is -0.113. The highest BCUT2D eigenvalue weighted by Gasteiger charge is 2.19. The van der Waals surface area contributed by atoms with E-state index in [2.05, 4.69) is 10.0 Å². The second-order valence-electron chi connectivity index (χ2n) is 7.85. The Balaban J connectivity index is 1.53. The van der Waals surface area contributed by atoms with Crippen molar-refractivity contribution in [2.45, 2.75) is 6.10 Å². The maximum Gasteiger partial charge on any atom is 0.411 e. The predicted octanol–water partition coefficient (Wildman–Crippen LogP) is 4.93. The number of benzene rings is 3. The van der Waals surface area contributed by atoms with Crippen molar-refractivity contribution in [2.75, 3.05) is 22.9 Å². The van der Waals surface area contributed by atoms with Gasteiger partial charge in [0.2, 0.25) is 10.0 Å². The molecule has 1 heterocycles. The number of para-hydroxylation sites is 2. The number of hydrogen-bond donors (Lipinski definition) is 4. The van der Waals surface area contributed by atoms with Crippen molar-refractivity contribution in [3.63, 3.8) is 0 Å². The number of nitrogen functional groups attached to an aromatic ring is 1. The second kappa shape index (κ2) is 10.7. The van der Waals surface area contributed by atoms with Crippen LogP contribution < -0.4 is 20.5 Å². The number of carbonyl (C=O) groups is 1. The average molecular weight is 525 g/mol. The highest BCUT2D eigenvalue weighted by atomic mass is 32.2. The molecule has 1 unspecified atom stereocenters. The van der Waals surface area contributed by atoms with Gasteiger partial charge in [0.1, 0.15) is 18.2 Å². The molecule has 0 radical (unpaired) electrons. The number of amidine groups is 1. The van der Waals surface area contributed by atoms with Gasteiger partial charge in [-0.2, -0.15) is 0 Å². The van der Waals surface area contributed by atoms with Crippen LogP contribution in [-0.4, -0.2) is 33.2 Å². The zero-order valence-corrected chi connectivity index (χ0v) is 20.9. The summed E-state index contributed by atoms with van der Waals surface area (Å²) < 4.78 is 38.3. The third kappa shape index (κ3) is 6.32. The fourth-order valence-corrected chi connectivity index (χ4v) is 4.98. The minimum atomic E-state index is -3.54. The number of rotatable bonds is 9. The van der Waals surface area contributed by atoms with Crippen LogP contribution in [-0.2, 0) is 14.8 Å². The minimum absolute atomic E-state index is 0.0209. The first-order chi connectivity index (χ1) is 17.2. The van der Waals surface area contributed by atoms with E-state index in [-0.39, 0.29) is 23.8 Å². The molecule has 4 rings (SSSR count). The van der Waals surface area contributed by atoms with Gasteiger partial charge in [-0.05, 0) is 35.9 Å². The molecule has 36 heavy (non-hydrogen) atoms. The topological polar surface area (TPSA) is 144 Å². The Kier molecular flexibility index (Phi) is 7.41. The quantitative estimate of drug-likeness (QED) is 0.181. The molecule has 0 spiro atoms. The summed E-state index contributed by atoms with van der Waals surface area (Å²) in [4.78, 5) is 13.2. The molecule has 0 aliphatic carbocycles. The smallest absolute Gasteiger partial charge is 0.411 e. The first kappa shape index (κ1) is 25.0. The van der Waals surface area contributed by atoms with Crippen molar-refractivity contribution < 1.29 is 22.7 Å². The van der Waals surface area contributed by atoms with Crippen LogP contribution in [0.4, 0.5) is 16.2 Å². The fourth-order valence-electron chi connectivity index (χ4n) is 3.47. The number of thiophene rings is 1. The van der Waals surface area contributed by atoms with E-state index >= 15 is 0 Å². The SMILES string of the molecule is CS(=O)(=O)Nc1ccccc1NC(=O)OCC(Oc1cccc2sc(C(=N)N)cc12)c1ccccc1. The van der Waals surface area contributed by atoms with Crippen LogP contribution in [0.5, 0.6) is 5.75 Å². The zero-order valence-electron chi connectivity index (χ0n) is 19.2. The van der Waals surface area contributed by atoms with Crippen LogP contribution in [0.15, 0.2) is 78.9 Å². The van der Waals surface area contributed by atoms with Crippen LogP contribution in [0.1, 0.15) is 16.5 Å². The normalized spacial score (nSPS) is 12.0. The summed E-state index contributed by atoms with van der Waals surface area (Å²) in [6.07, 6.45) is -0.375. The van der Waals surface area contributed by atoms with Gasteiger partial charge in [0.05, 0.1) is 22.5 Å². The Bertz CT molecular complexity index is 1500. The van der Waals surface area contributed by atoms with Crippen molar-refractivity contribution in [2.24, 2.45) is 5.73 Å². The summed E-state index contributed by atoms with van der Waals surface area (Å²) >= 11 is 1.39. The number of sulfonamides is 1. The Morgan fingerprint density at radius 2 is 1.72 bits per heavy atom. The minimum Gasteiger partial charge on any atom is -0.481 e. The number of ether oxygens (including phenoxy) is 2. The number of fused-ring (bicyclic) bond motifs is 1. The highest BCUT2D eigenvalue weighted by molar-refractivity contribution is 7.92. The molecule has 1 aromatic heterocycles. The van der Waals surface area contributed by atoms with E-state index < -0.39 is 22.2 Å². The van der Waals surface area contributed by atoms with Crippen LogP contribution >= 0.6 is 11.3 Å². The van der Waals surface area contributed by atoms with Gasteiger partial charge in [-0.25, -0.2) is 13.2 Å². The van der Waals surface area contributed by atoms with E-state index in [0.717, 1.165) is 21.9 Å². The van der Waals surface area contributed by atoms with Crippen molar-refractivity contribution in [1.29, 1.82) is 5.41 Å². The molecule has 186 valence electrons. The molecular formula is C25H24N4O5S2.